The molecule has 0 radical (unpaired) electrons. The fourth-order valence-electron chi connectivity index (χ4n) is 1.54. The minimum Gasteiger partial charge on any atom is -0.469 e. The maximum atomic E-state index is 12.8. The Bertz CT molecular complexity index is 556. The molecule has 0 aromatic carbocycles. The zero-order chi connectivity index (χ0) is 17.1. The average Bonchev–Trinajstić information content (AvgIpc) is 2.37. The first kappa shape index (κ1) is 18.0. The molecule has 0 unspecified atom stereocenters. The monoisotopic (exact) mass is 332 g/mol. The van der Waals surface area contributed by atoms with Crippen molar-refractivity contribution in [3.8, 4) is 5.88 Å². The number of rotatable bonds is 4. The Morgan fingerprint density at radius 3 is 2.23 bits per heavy atom. The molecule has 0 saturated carbocycles. The van der Waals surface area contributed by atoms with Crippen molar-refractivity contribution >= 4 is 5.97 Å². The van der Waals surface area contributed by atoms with Gasteiger partial charge in [0, 0.05) is 12.1 Å². The smallest absolute Gasteiger partial charge is 0.469 e. The number of nitrogens with two attached hydrogens (primary N) is 1. The lowest BCUT2D eigenvalue weighted by atomic mass is 10.1. The number of carbonyl (C=O) groups is 1. The molecule has 22 heavy (non-hydrogen) atoms. The first-order valence-corrected chi connectivity index (χ1v) is 5.60. The van der Waals surface area contributed by atoms with E-state index < -0.39 is 54.2 Å². The van der Waals surface area contributed by atoms with Gasteiger partial charge in [0.25, 0.3) is 0 Å². The summed E-state index contributed by atoms with van der Waals surface area (Å²) in [6.07, 6.45) is -11.0. The number of nitrogens with zero attached hydrogens (tertiary/aromatic N) is 1. The first-order chi connectivity index (χ1) is 9.97. The van der Waals surface area contributed by atoms with Crippen LogP contribution in [0.2, 0.25) is 0 Å². The lowest BCUT2D eigenvalue weighted by molar-refractivity contribution is -0.276. The molecule has 0 atom stereocenters. The van der Waals surface area contributed by atoms with Crippen LogP contribution in [0.3, 0.4) is 0 Å². The second-order valence-corrected chi connectivity index (χ2v) is 3.96. The van der Waals surface area contributed by atoms with Crippen molar-refractivity contribution in [2.75, 3.05) is 7.11 Å². The number of hydrogen-bond donors (Lipinski definition) is 1. The van der Waals surface area contributed by atoms with Gasteiger partial charge in [-0.05, 0) is 11.6 Å². The summed E-state index contributed by atoms with van der Waals surface area (Å²) in [5, 5.41) is 0. The van der Waals surface area contributed by atoms with E-state index in [4.69, 9.17) is 5.73 Å². The molecule has 0 aliphatic carbocycles. The zero-order valence-corrected chi connectivity index (χ0v) is 11.0. The Morgan fingerprint density at radius 2 is 1.82 bits per heavy atom. The van der Waals surface area contributed by atoms with E-state index in [9.17, 15) is 31.1 Å². The highest BCUT2D eigenvalue weighted by Crippen LogP contribution is 2.35. The maximum Gasteiger partial charge on any atom is 0.574 e. The van der Waals surface area contributed by atoms with Crippen molar-refractivity contribution in [1.82, 2.24) is 4.98 Å². The topological polar surface area (TPSA) is 74.4 Å². The van der Waals surface area contributed by atoms with Crippen LogP contribution < -0.4 is 10.5 Å². The Hall–Kier alpha value is -2.04. The Labute approximate surface area is 120 Å². The number of aromatic nitrogens is 1. The summed E-state index contributed by atoms with van der Waals surface area (Å²) in [6.45, 7) is -0.637. The van der Waals surface area contributed by atoms with Crippen LogP contribution in [0, 0.1) is 0 Å². The number of pyridine rings is 1. The molecule has 1 aromatic rings. The predicted octanol–water partition coefficient (Wildman–Crippen LogP) is 2.17. The van der Waals surface area contributed by atoms with Gasteiger partial charge in [-0.15, -0.1) is 13.2 Å². The van der Waals surface area contributed by atoms with Gasteiger partial charge in [-0.2, -0.15) is 13.2 Å². The largest absolute Gasteiger partial charge is 0.574 e. The SMILES string of the molecule is COC(=O)Cc1cc(CN)c(C(F)(F)F)nc1OC(F)(F)F. The summed E-state index contributed by atoms with van der Waals surface area (Å²) in [5.74, 6) is -2.35. The Kier molecular flexibility index (Phi) is 5.22. The second kappa shape index (κ2) is 6.38. The highest BCUT2D eigenvalue weighted by molar-refractivity contribution is 5.73. The highest BCUT2D eigenvalue weighted by Gasteiger charge is 2.39. The van der Waals surface area contributed by atoms with E-state index in [1.54, 1.807) is 0 Å². The molecule has 0 bridgehead atoms. The van der Waals surface area contributed by atoms with Crippen LogP contribution in [-0.4, -0.2) is 24.4 Å². The van der Waals surface area contributed by atoms with Gasteiger partial charge in [-0.1, -0.05) is 0 Å². The molecule has 1 aromatic heterocycles. The van der Waals surface area contributed by atoms with Gasteiger partial charge in [0.15, 0.2) is 5.69 Å². The van der Waals surface area contributed by atoms with Crippen LogP contribution in [-0.2, 0) is 28.7 Å². The number of carbonyl (C=O) groups excluding carboxylic acids is 1. The molecule has 0 amide bonds. The molecule has 0 spiro atoms. The Morgan fingerprint density at radius 1 is 1.23 bits per heavy atom. The zero-order valence-electron chi connectivity index (χ0n) is 11.0. The van der Waals surface area contributed by atoms with Gasteiger partial charge in [0.2, 0.25) is 5.88 Å². The van der Waals surface area contributed by atoms with Gasteiger partial charge in [-0.3, -0.25) is 4.79 Å². The normalized spacial score (nSPS) is 12.2. The molecule has 0 fully saturated rings. The van der Waals surface area contributed by atoms with Gasteiger partial charge in [0.1, 0.15) is 0 Å². The van der Waals surface area contributed by atoms with Crippen molar-refractivity contribution in [2.24, 2.45) is 5.73 Å². The van der Waals surface area contributed by atoms with E-state index in [0.29, 0.717) is 6.07 Å². The molecule has 0 aliphatic rings. The summed E-state index contributed by atoms with van der Waals surface area (Å²) in [7, 11) is 0.966. The van der Waals surface area contributed by atoms with Gasteiger partial charge in [-0.25, -0.2) is 4.98 Å². The number of ether oxygens (including phenoxy) is 2. The molecular formula is C11H10F6N2O3. The molecule has 5 nitrogen and oxygen atoms in total. The summed E-state index contributed by atoms with van der Waals surface area (Å²) in [5.41, 5.74) is 2.44. The van der Waals surface area contributed by atoms with Crippen LogP contribution >= 0.6 is 0 Å². The van der Waals surface area contributed by atoms with Crippen LogP contribution in [0.5, 0.6) is 5.88 Å². The van der Waals surface area contributed by atoms with Gasteiger partial charge >= 0.3 is 18.5 Å². The fraction of sp³-hybridized carbons (Fsp3) is 0.455. The molecule has 1 heterocycles. The third-order valence-electron chi connectivity index (χ3n) is 2.40. The van der Waals surface area contributed by atoms with Crippen molar-refractivity contribution in [3.05, 3.63) is 22.9 Å². The Balaban J connectivity index is 3.43. The van der Waals surface area contributed by atoms with E-state index in [1.165, 1.54) is 0 Å². The lowest BCUT2D eigenvalue weighted by Gasteiger charge is -2.17. The van der Waals surface area contributed by atoms with E-state index in [2.05, 4.69) is 14.5 Å². The molecule has 11 heteroatoms. The first-order valence-electron chi connectivity index (χ1n) is 5.60. The molecule has 0 aliphatic heterocycles. The van der Waals surface area contributed by atoms with Gasteiger partial charge < -0.3 is 15.2 Å². The van der Waals surface area contributed by atoms with Crippen LogP contribution in [0.1, 0.15) is 16.8 Å². The van der Waals surface area contributed by atoms with E-state index in [0.717, 1.165) is 7.11 Å². The number of esters is 1. The number of alkyl halides is 6. The predicted molar refractivity (Wildman–Crippen MR) is 59.5 cm³/mol. The minimum absolute atomic E-state index is 0.516. The van der Waals surface area contributed by atoms with Crippen molar-refractivity contribution in [3.63, 3.8) is 0 Å². The number of halogens is 6. The number of methoxy groups -OCH3 is 1. The summed E-state index contributed by atoms with van der Waals surface area (Å²) < 4.78 is 82.8. The highest BCUT2D eigenvalue weighted by atomic mass is 19.4. The molecule has 124 valence electrons. The third kappa shape index (κ3) is 4.76. The van der Waals surface area contributed by atoms with E-state index in [-0.39, 0.29) is 0 Å². The fourth-order valence-corrected chi connectivity index (χ4v) is 1.54. The molecule has 2 N–H and O–H groups in total. The van der Waals surface area contributed by atoms with E-state index >= 15 is 0 Å². The average molecular weight is 332 g/mol. The maximum absolute atomic E-state index is 12.8. The van der Waals surface area contributed by atoms with Crippen LogP contribution in [0.15, 0.2) is 6.07 Å². The van der Waals surface area contributed by atoms with Crippen molar-refractivity contribution < 1.29 is 40.6 Å². The third-order valence-corrected chi connectivity index (χ3v) is 2.40. The van der Waals surface area contributed by atoms with Gasteiger partial charge in [0.05, 0.1) is 13.5 Å². The molecule has 1 rings (SSSR count). The van der Waals surface area contributed by atoms with Crippen molar-refractivity contribution in [1.29, 1.82) is 0 Å². The van der Waals surface area contributed by atoms with Crippen molar-refractivity contribution in [2.45, 2.75) is 25.5 Å². The summed E-state index contributed by atoms with van der Waals surface area (Å²) >= 11 is 0. The standard InChI is InChI=1S/C11H10F6N2O3/c1-21-7(20)3-5-2-6(4-18)8(10(12,13)14)19-9(5)22-11(15,16)17/h2H,3-4,18H2,1H3. The lowest BCUT2D eigenvalue weighted by Crippen LogP contribution is -2.23. The number of hydrogen-bond acceptors (Lipinski definition) is 5. The van der Waals surface area contributed by atoms with Crippen LogP contribution in [0.4, 0.5) is 26.3 Å². The summed E-state index contributed by atoms with van der Waals surface area (Å²) in [4.78, 5) is 14.0. The van der Waals surface area contributed by atoms with E-state index in [1.807, 2.05) is 0 Å². The second-order valence-electron chi connectivity index (χ2n) is 3.96. The molecule has 0 saturated heterocycles. The summed E-state index contributed by atoms with van der Waals surface area (Å²) in [6, 6.07) is 0.688. The molecular weight excluding hydrogens is 322 g/mol. The minimum atomic E-state index is -5.27. The quantitative estimate of drug-likeness (QED) is 0.676. The van der Waals surface area contributed by atoms with Crippen LogP contribution in [0.25, 0.3) is 0 Å².